The number of nitrogens with zero attached hydrogens (tertiary/aromatic N) is 2. The first-order valence-electron chi connectivity index (χ1n) is 16.2. The maximum absolute atomic E-state index is 11.2. The third kappa shape index (κ3) is 4.82. The molecule has 0 radical (unpaired) electrons. The molecule has 0 aliphatic heterocycles. The molecule has 0 fully saturated rings. The van der Waals surface area contributed by atoms with Crippen LogP contribution < -0.4 is 0 Å². The van der Waals surface area contributed by atoms with Crippen molar-refractivity contribution < 1.29 is 20.4 Å². The van der Waals surface area contributed by atoms with Crippen molar-refractivity contribution in [2.75, 3.05) is 0 Å². The van der Waals surface area contributed by atoms with Gasteiger partial charge in [0.1, 0.15) is 0 Å². The van der Waals surface area contributed by atoms with Gasteiger partial charge in [0.15, 0.2) is 23.0 Å². The zero-order valence-corrected chi connectivity index (χ0v) is 29.8. The van der Waals surface area contributed by atoms with Crippen molar-refractivity contribution in [3.8, 4) is 34.1 Å². The van der Waals surface area contributed by atoms with E-state index in [9.17, 15) is 20.4 Å². The van der Waals surface area contributed by atoms with Crippen LogP contribution in [0.2, 0.25) is 0 Å². The van der Waals surface area contributed by atoms with Crippen molar-refractivity contribution in [3.05, 3.63) is 153 Å². The van der Waals surface area contributed by atoms with E-state index in [-0.39, 0.29) is 23.0 Å². The summed E-state index contributed by atoms with van der Waals surface area (Å²) in [6, 6.07) is 38.5. The van der Waals surface area contributed by atoms with Crippen molar-refractivity contribution in [2.24, 2.45) is 9.98 Å². The minimum Gasteiger partial charge on any atom is -0.504 e. The highest BCUT2D eigenvalue weighted by atomic mass is 79.9. The Bertz CT molecular complexity index is 2650. The summed E-state index contributed by atoms with van der Waals surface area (Å²) in [4.78, 5) is 10.6. The second kappa shape index (κ2) is 11.7. The number of halogens is 2. The maximum Gasteiger partial charge on any atom is 0.202 e. The van der Waals surface area contributed by atoms with Crippen molar-refractivity contribution >= 4 is 87.4 Å². The number of benzene rings is 8. The van der Waals surface area contributed by atoms with Gasteiger partial charge in [-0.1, -0.05) is 117 Å². The summed E-state index contributed by atoms with van der Waals surface area (Å²) >= 11 is 7.28. The molecule has 8 aromatic rings. The summed E-state index contributed by atoms with van der Waals surface area (Å²) in [5, 5.41) is 50.9. The van der Waals surface area contributed by atoms with E-state index in [1.54, 1.807) is 12.4 Å². The van der Waals surface area contributed by atoms with Gasteiger partial charge in [0, 0.05) is 43.6 Å². The third-order valence-corrected chi connectivity index (χ3v) is 10.8. The Morgan fingerprint density at radius 3 is 1.31 bits per heavy atom. The molecule has 0 aromatic heterocycles. The molecule has 9 rings (SSSR count). The molecule has 8 heteroatoms. The van der Waals surface area contributed by atoms with Crippen molar-refractivity contribution in [3.63, 3.8) is 0 Å². The molecule has 0 bridgehead atoms. The van der Waals surface area contributed by atoms with Crippen molar-refractivity contribution in [1.82, 2.24) is 0 Å². The van der Waals surface area contributed by atoms with Crippen LogP contribution in [0.3, 0.4) is 0 Å². The summed E-state index contributed by atoms with van der Waals surface area (Å²) in [5.74, 6) is -1.11. The van der Waals surface area contributed by atoms with Crippen LogP contribution in [-0.4, -0.2) is 32.9 Å². The fourth-order valence-corrected chi connectivity index (χ4v) is 8.21. The smallest absolute Gasteiger partial charge is 0.202 e. The zero-order valence-electron chi connectivity index (χ0n) is 26.6. The van der Waals surface area contributed by atoms with Crippen LogP contribution in [-0.2, 0) is 5.66 Å². The molecular formula is C43H26Br2N2O4. The lowest BCUT2D eigenvalue weighted by Gasteiger charge is -2.24. The summed E-state index contributed by atoms with van der Waals surface area (Å²) in [6.45, 7) is 0. The minimum atomic E-state index is -1.43. The molecule has 51 heavy (non-hydrogen) atoms. The Labute approximate surface area is 308 Å². The van der Waals surface area contributed by atoms with Gasteiger partial charge in [-0.2, -0.15) is 0 Å². The topological polar surface area (TPSA) is 106 Å². The van der Waals surface area contributed by atoms with E-state index in [2.05, 4.69) is 56.1 Å². The first-order chi connectivity index (χ1) is 24.7. The van der Waals surface area contributed by atoms with Crippen molar-refractivity contribution in [2.45, 2.75) is 5.66 Å². The SMILES string of the molecule is Oc1cc2ccccc2c(C=NC2(N=Cc3c(O)c(O)cc4ccccc34)c3ccc4cc(Br)ccc4c3-c3c2ccc2cc(Br)ccc32)c1O. The molecule has 0 saturated heterocycles. The second-order valence-electron chi connectivity index (χ2n) is 12.7. The average molecular weight is 794 g/mol. The van der Waals surface area contributed by atoms with Gasteiger partial charge in [-0.05, 0) is 90.6 Å². The Morgan fingerprint density at radius 2 is 0.863 bits per heavy atom. The predicted octanol–water partition coefficient (Wildman–Crippen LogP) is 11.1. The lowest BCUT2D eigenvalue weighted by atomic mass is 9.94. The lowest BCUT2D eigenvalue weighted by Crippen LogP contribution is -2.21. The first kappa shape index (κ1) is 31.3. The number of hydrogen-bond acceptors (Lipinski definition) is 6. The molecule has 0 atom stereocenters. The molecule has 0 unspecified atom stereocenters. The van der Waals surface area contributed by atoms with Crippen LogP contribution in [0.4, 0.5) is 0 Å². The fourth-order valence-electron chi connectivity index (χ4n) is 7.45. The van der Waals surface area contributed by atoms with Crippen LogP contribution in [0, 0.1) is 0 Å². The van der Waals surface area contributed by atoms with Crippen LogP contribution in [0.5, 0.6) is 23.0 Å². The lowest BCUT2D eigenvalue weighted by molar-refractivity contribution is 0.404. The Balaban J connectivity index is 1.42. The van der Waals surface area contributed by atoms with Gasteiger partial charge in [-0.3, -0.25) is 9.98 Å². The summed E-state index contributed by atoms with van der Waals surface area (Å²) < 4.78 is 1.91. The monoisotopic (exact) mass is 792 g/mol. The van der Waals surface area contributed by atoms with E-state index in [0.29, 0.717) is 21.9 Å². The minimum absolute atomic E-state index is 0.260. The first-order valence-corrected chi connectivity index (χ1v) is 17.8. The van der Waals surface area contributed by atoms with Gasteiger partial charge in [-0.15, -0.1) is 0 Å². The standard InChI is InChI=1S/C43H26Br2N2O4/c44-27-11-13-31-25(17-27)9-15-35-39(31)40-32-14-12-28(45)18-26(32)10-16-36(40)43(35,46-21-33-29-7-3-1-5-23(29)19-37(48)41(33)50)47-22-34-30-8-4-2-6-24(30)20-38(49)42(34)51/h1-22,48-51H. The van der Waals surface area contributed by atoms with E-state index >= 15 is 0 Å². The molecule has 4 N–H and O–H groups in total. The Kier molecular flexibility index (Phi) is 7.17. The molecule has 0 saturated carbocycles. The highest BCUT2D eigenvalue weighted by Crippen LogP contribution is 2.56. The van der Waals surface area contributed by atoms with Gasteiger partial charge in [0.25, 0.3) is 0 Å². The van der Waals surface area contributed by atoms with E-state index in [1.807, 2.05) is 84.9 Å². The second-order valence-corrected chi connectivity index (χ2v) is 14.5. The highest BCUT2D eigenvalue weighted by Gasteiger charge is 2.44. The highest BCUT2D eigenvalue weighted by molar-refractivity contribution is 9.10. The largest absolute Gasteiger partial charge is 0.504 e. The molecule has 1 aliphatic rings. The number of fused-ring (bicyclic) bond motifs is 9. The molecule has 1 aliphatic carbocycles. The number of rotatable bonds is 4. The van der Waals surface area contributed by atoms with Crippen LogP contribution in [0.1, 0.15) is 22.3 Å². The third-order valence-electron chi connectivity index (χ3n) is 9.81. The number of phenols is 4. The zero-order chi connectivity index (χ0) is 35.0. The maximum atomic E-state index is 11.2. The van der Waals surface area contributed by atoms with Crippen LogP contribution in [0.25, 0.3) is 54.2 Å². The predicted molar refractivity (Wildman–Crippen MR) is 213 cm³/mol. The molecule has 0 heterocycles. The van der Waals surface area contributed by atoms with Gasteiger partial charge >= 0.3 is 0 Å². The molecule has 6 nitrogen and oxygen atoms in total. The number of aromatic hydroxyl groups is 4. The summed E-state index contributed by atoms with van der Waals surface area (Å²) in [5.41, 5.74) is 2.78. The van der Waals surface area contributed by atoms with E-state index in [4.69, 9.17) is 9.98 Å². The van der Waals surface area contributed by atoms with E-state index in [1.165, 1.54) is 12.1 Å². The summed E-state index contributed by atoms with van der Waals surface area (Å²) in [6.07, 6.45) is 3.15. The molecular weight excluding hydrogens is 768 g/mol. The molecule has 246 valence electrons. The summed E-state index contributed by atoms with van der Waals surface area (Å²) in [7, 11) is 0. The molecule has 0 amide bonds. The van der Waals surface area contributed by atoms with Gasteiger partial charge in [0.05, 0.1) is 0 Å². The molecule has 8 aromatic carbocycles. The molecule has 0 spiro atoms. The van der Waals surface area contributed by atoms with E-state index in [0.717, 1.165) is 63.5 Å². The Hall–Kier alpha value is -5.70. The van der Waals surface area contributed by atoms with Crippen molar-refractivity contribution in [1.29, 1.82) is 0 Å². The number of phenolic OH excluding ortho intramolecular Hbond substituents is 4. The van der Waals surface area contributed by atoms with Gasteiger partial charge < -0.3 is 20.4 Å². The number of aliphatic imine (C=N–C) groups is 2. The normalized spacial score (nSPS) is 13.6. The van der Waals surface area contributed by atoms with E-state index < -0.39 is 5.66 Å². The fraction of sp³-hybridized carbons (Fsp3) is 0.0233. The average Bonchev–Trinajstić information content (AvgIpc) is 3.41. The quantitative estimate of drug-likeness (QED) is 0.105. The Morgan fingerprint density at radius 1 is 0.451 bits per heavy atom. The van der Waals surface area contributed by atoms with Gasteiger partial charge in [0.2, 0.25) is 5.66 Å². The number of hydrogen-bond donors (Lipinski definition) is 4. The van der Waals surface area contributed by atoms with Crippen LogP contribution >= 0.6 is 31.9 Å². The van der Waals surface area contributed by atoms with Crippen LogP contribution in [0.15, 0.2) is 140 Å². The van der Waals surface area contributed by atoms with Gasteiger partial charge in [-0.25, -0.2) is 0 Å².